The predicted molar refractivity (Wildman–Crippen MR) is 55.1 cm³/mol. The molecule has 0 fully saturated rings. The van der Waals surface area contributed by atoms with Gasteiger partial charge in [0.25, 0.3) is 0 Å². The number of carbonyl (C=O) groups excluding carboxylic acids is 1. The Balaban J connectivity index is 2.94. The minimum absolute atomic E-state index is 0.0926. The van der Waals surface area contributed by atoms with Crippen molar-refractivity contribution in [2.45, 2.75) is 13.0 Å². The maximum atomic E-state index is 13.3. The first-order valence-electron chi connectivity index (χ1n) is 4.69. The van der Waals surface area contributed by atoms with Crippen LogP contribution < -0.4 is 5.73 Å². The molecule has 0 aliphatic rings. The highest BCUT2D eigenvalue weighted by molar-refractivity contribution is 5.96. The smallest absolute Gasteiger partial charge is 0.167 e. The summed E-state index contributed by atoms with van der Waals surface area (Å²) in [5, 5.41) is 0. The third-order valence-corrected chi connectivity index (χ3v) is 2.01. The summed E-state index contributed by atoms with van der Waals surface area (Å²) in [6, 6.07) is 4.38. The molecular weight excluding hydrogens is 197 g/mol. The average molecular weight is 211 g/mol. The molecule has 0 atom stereocenters. The number of methoxy groups -OCH3 is 1. The SMILES string of the molecule is COCc1ccc(F)c(C(=O)CCN)c1. The summed E-state index contributed by atoms with van der Waals surface area (Å²) in [6.45, 7) is 0.593. The molecule has 0 heterocycles. The minimum Gasteiger partial charge on any atom is -0.380 e. The average Bonchev–Trinajstić information content (AvgIpc) is 2.21. The Hall–Kier alpha value is -1.26. The topological polar surface area (TPSA) is 52.3 Å². The first-order valence-corrected chi connectivity index (χ1v) is 4.69. The van der Waals surface area contributed by atoms with E-state index in [0.29, 0.717) is 6.61 Å². The molecule has 82 valence electrons. The summed E-state index contributed by atoms with van der Waals surface area (Å²) in [5.74, 6) is -0.777. The van der Waals surface area contributed by atoms with Crippen LogP contribution in [0.25, 0.3) is 0 Å². The maximum Gasteiger partial charge on any atom is 0.167 e. The Bertz CT molecular complexity index is 352. The van der Waals surface area contributed by atoms with Gasteiger partial charge in [-0.3, -0.25) is 4.79 Å². The van der Waals surface area contributed by atoms with Crippen LogP contribution in [0.15, 0.2) is 18.2 Å². The zero-order chi connectivity index (χ0) is 11.3. The van der Waals surface area contributed by atoms with E-state index in [1.807, 2.05) is 0 Å². The fourth-order valence-corrected chi connectivity index (χ4v) is 1.31. The van der Waals surface area contributed by atoms with Crippen molar-refractivity contribution in [2.75, 3.05) is 13.7 Å². The van der Waals surface area contributed by atoms with Crippen LogP contribution in [0.3, 0.4) is 0 Å². The zero-order valence-electron chi connectivity index (χ0n) is 8.63. The number of hydrogen-bond acceptors (Lipinski definition) is 3. The van der Waals surface area contributed by atoms with Gasteiger partial charge in [-0.15, -0.1) is 0 Å². The standard InChI is InChI=1S/C11H14FNO2/c1-15-7-8-2-3-10(12)9(6-8)11(14)4-5-13/h2-3,6H,4-5,7,13H2,1H3. The summed E-state index contributed by atoms with van der Waals surface area (Å²) in [7, 11) is 1.55. The normalized spacial score (nSPS) is 10.3. The molecule has 0 saturated heterocycles. The van der Waals surface area contributed by atoms with Crippen LogP contribution in [0.5, 0.6) is 0 Å². The van der Waals surface area contributed by atoms with Crippen LogP contribution in [-0.2, 0) is 11.3 Å². The number of hydrogen-bond donors (Lipinski definition) is 1. The number of ether oxygens (including phenoxy) is 1. The molecule has 0 aromatic heterocycles. The lowest BCUT2D eigenvalue weighted by Crippen LogP contribution is -2.10. The van der Waals surface area contributed by atoms with Crippen LogP contribution >= 0.6 is 0 Å². The van der Waals surface area contributed by atoms with E-state index in [2.05, 4.69) is 0 Å². The van der Waals surface area contributed by atoms with Gasteiger partial charge in [-0.1, -0.05) is 6.07 Å². The van der Waals surface area contributed by atoms with Gasteiger partial charge < -0.3 is 10.5 Å². The molecule has 3 nitrogen and oxygen atoms in total. The minimum atomic E-state index is -0.506. The Morgan fingerprint density at radius 1 is 1.53 bits per heavy atom. The van der Waals surface area contributed by atoms with Gasteiger partial charge in [-0.2, -0.15) is 0 Å². The Morgan fingerprint density at radius 2 is 2.27 bits per heavy atom. The third kappa shape index (κ3) is 3.11. The highest BCUT2D eigenvalue weighted by Gasteiger charge is 2.11. The molecule has 1 aromatic carbocycles. The fourth-order valence-electron chi connectivity index (χ4n) is 1.31. The number of halogens is 1. The zero-order valence-corrected chi connectivity index (χ0v) is 8.63. The van der Waals surface area contributed by atoms with Gasteiger partial charge in [0.2, 0.25) is 0 Å². The lowest BCUT2D eigenvalue weighted by Gasteiger charge is -2.04. The second-order valence-corrected chi connectivity index (χ2v) is 3.21. The van der Waals surface area contributed by atoms with Crippen molar-refractivity contribution in [3.63, 3.8) is 0 Å². The Labute approximate surface area is 88.0 Å². The number of carbonyl (C=O) groups is 1. The van der Waals surface area contributed by atoms with E-state index in [0.717, 1.165) is 5.56 Å². The largest absolute Gasteiger partial charge is 0.380 e. The summed E-state index contributed by atoms with van der Waals surface area (Å²) in [5.41, 5.74) is 6.12. The molecule has 2 N–H and O–H groups in total. The quantitative estimate of drug-likeness (QED) is 0.751. The second kappa shape index (κ2) is 5.58. The molecule has 0 unspecified atom stereocenters. The van der Waals surface area contributed by atoms with Crippen LogP contribution in [0.4, 0.5) is 4.39 Å². The number of Topliss-reactive ketones (excluding diaryl/α,β-unsaturated/α-hetero) is 1. The van der Waals surface area contributed by atoms with Crippen molar-refractivity contribution in [1.82, 2.24) is 0 Å². The summed E-state index contributed by atoms with van der Waals surface area (Å²) in [4.78, 5) is 11.5. The van der Waals surface area contributed by atoms with Gasteiger partial charge in [0.05, 0.1) is 12.2 Å². The van der Waals surface area contributed by atoms with E-state index in [4.69, 9.17) is 10.5 Å². The van der Waals surface area contributed by atoms with Crippen molar-refractivity contribution in [2.24, 2.45) is 5.73 Å². The fraction of sp³-hybridized carbons (Fsp3) is 0.364. The van der Waals surface area contributed by atoms with Crippen LogP contribution in [0.1, 0.15) is 22.3 Å². The second-order valence-electron chi connectivity index (χ2n) is 3.21. The van der Waals surface area contributed by atoms with E-state index in [-0.39, 0.29) is 24.3 Å². The lowest BCUT2D eigenvalue weighted by molar-refractivity contribution is 0.0981. The predicted octanol–water partition coefficient (Wildman–Crippen LogP) is 1.50. The molecule has 0 bridgehead atoms. The first-order chi connectivity index (χ1) is 7.19. The van der Waals surface area contributed by atoms with Crippen LogP contribution in [0.2, 0.25) is 0 Å². The van der Waals surface area contributed by atoms with Crippen molar-refractivity contribution in [1.29, 1.82) is 0 Å². The Morgan fingerprint density at radius 3 is 2.87 bits per heavy atom. The van der Waals surface area contributed by atoms with E-state index in [9.17, 15) is 9.18 Å². The van der Waals surface area contributed by atoms with Crippen LogP contribution in [-0.4, -0.2) is 19.4 Å². The summed E-state index contributed by atoms with van der Waals surface area (Å²) < 4.78 is 18.2. The highest BCUT2D eigenvalue weighted by Crippen LogP contribution is 2.13. The number of nitrogens with two attached hydrogens (primary N) is 1. The van der Waals surface area contributed by atoms with Crippen molar-refractivity contribution in [3.8, 4) is 0 Å². The first kappa shape index (κ1) is 11.8. The van der Waals surface area contributed by atoms with Crippen LogP contribution in [0, 0.1) is 5.82 Å². The molecular formula is C11H14FNO2. The number of rotatable bonds is 5. The van der Waals surface area contributed by atoms with Gasteiger partial charge in [0.15, 0.2) is 5.78 Å². The molecule has 0 saturated carbocycles. The molecule has 0 aliphatic heterocycles. The molecule has 15 heavy (non-hydrogen) atoms. The van der Waals surface area contributed by atoms with Gasteiger partial charge in [-0.05, 0) is 24.2 Å². The van der Waals surface area contributed by atoms with Gasteiger partial charge in [0, 0.05) is 13.5 Å². The van der Waals surface area contributed by atoms with Gasteiger partial charge in [-0.25, -0.2) is 4.39 Å². The molecule has 0 radical (unpaired) electrons. The summed E-state index contributed by atoms with van der Waals surface area (Å²) >= 11 is 0. The van der Waals surface area contributed by atoms with Crippen molar-refractivity contribution >= 4 is 5.78 Å². The van der Waals surface area contributed by atoms with E-state index >= 15 is 0 Å². The van der Waals surface area contributed by atoms with Crippen molar-refractivity contribution in [3.05, 3.63) is 35.1 Å². The molecule has 0 spiro atoms. The van der Waals surface area contributed by atoms with Crippen molar-refractivity contribution < 1.29 is 13.9 Å². The molecule has 1 aromatic rings. The number of benzene rings is 1. The van der Waals surface area contributed by atoms with Gasteiger partial charge >= 0.3 is 0 Å². The lowest BCUT2D eigenvalue weighted by atomic mass is 10.0. The Kier molecular flexibility index (Phi) is 4.39. The van der Waals surface area contributed by atoms with E-state index in [1.165, 1.54) is 12.1 Å². The molecule has 1 rings (SSSR count). The van der Waals surface area contributed by atoms with Gasteiger partial charge in [0.1, 0.15) is 5.82 Å². The van der Waals surface area contributed by atoms with E-state index in [1.54, 1.807) is 13.2 Å². The van der Waals surface area contributed by atoms with E-state index < -0.39 is 5.82 Å². The highest BCUT2D eigenvalue weighted by atomic mass is 19.1. The number of ketones is 1. The maximum absolute atomic E-state index is 13.3. The third-order valence-electron chi connectivity index (χ3n) is 2.01. The summed E-state index contributed by atoms with van der Waals surface area (Å²) in [6.07, 6.45) is 0.160. The monoisotopic (exact) mass is 211 g/mol. The molecule has 4 heteroatoms. The molecule has 0 aliphatic carbocycles. The molecule has 0 amide bonds.